The summed E-state index contributed by atoms with van der Waals surface area (Å²) in [6, 6.07) is 3.74. The predicted octanol–water partition coefficient (Wildman–Crippen LogP) is 3.04. The van der Waals surface area contributed by atoms with E-state index in [2.05, 4.69) is 20.4 Å². The molecule has 4 heterocycles. The monoisotopic (exact) mass is 567 g/mol. The highest BCUT2D eigenvalue weighted by molar-refractivity contribution is 7.90. The molecule has 0 bridgehead atoms. The van der Waals surface area contributed by atoms with Gasteiger partial charge >= 0.3 is 21.7 Å². The van der Waals surface area contributed by atoms with Crippen LogP contribution in [0.3, 0.4) is 0 Å². The Morgan fingerprint density at radius 2 is 1.84 bits per heavy atom. The molecule has 0 aromatic carbocycles. The molecule has 1 N–H and O–H groups in total. The lowest BCUT2D eigenvalue weighted by Crippen LogP contribution is -2.46. The number of alkyl halides is 6. The van der Waals surface area contributed by atoms with E-state index in [0.717, 1.165) is 21.7 Å². The van der Waals surface area contributed by atoms with Crippen LogP contribution in [-0.4, -0.2) is 57.9 Å². The number of fused-ring (bicyclic) bond motifs is 1. The third-order valence-electron chi connectivity index (χ3n) is 5.28. The lowest BCUT2D eigenvalue weighted by molar-refractivity contribution is -0.141. The third-order valence-corrected chi connectivity index (χ3v) is 6.76. The van der Waals surface area contributed by atoms with Crippen LogP contribution in [0.4, 0.5) is 36.6 Å². The molecule has 0 radical (unpaired) electrons. The number of nitrogens with zero attached hydrogens (tertiary/aromatic N) is 6. The van der Waals surface area contributed by atoms with Gasteiger partial charge in [0.2, 0.25) is 0 Å². The highest BCUT2D eigenvalue weighted by atomic mass is 32.2. The van der Waals surface area contributed by atoms with Crippen LogP contribution in [0, 0.1) is 12.7 Å². The lowest BCUT2D eigenvalue weighted by atomic mass is 10.2. The number of carbonyl (C=O) groups excluding carboxylic acids is 1. The Hall–Kier alpha value is -3.96. The molecule has 0 spiro atoms. The van der Waals surface area contributed by atoms with Crippen LogP contribution < -0.4 is 10.3 Å². The standard InChI is InChI=1S/C20H16F7N7O3S/c1-11-2-3-14-31-16(19(22,23)24)15(33(14)9-11)18(35)29-8-12-6-13(21)17(28-7-12)34-5-4-32(10-30-34)38(36,37)20(25,26)27/h2-3,6-7,9-10H,4-5,8H2,1H3,(H,29,35). The van der Waals surface area contributed by atoms with E-state index in [4.69, 9.17) is 0 Å². The Balaban J connectivity index is 1.50. The summed E-state index contributed by atoms with van der Waals surface area (Å²) in [5.74, 6) is -2.61. The molecule has 3 aromatic rings. The van der Waals surface area contributed by atoms with E-state index in [1.165, 1.54) is 18.3 Å². The Morgan fingerprint density at radius 3 is 2.42 bits per heavy atom. The van der Waals surface area contributed by atoms with Gasteiger partial charge in [-0.05, 0) is 30.2 Å². The second-order valence-electron chi connectivity index (χ2n) is 7.99. The minimum Gasteiger partial charge on any atom is -0.347 e. The number of rotatable bonds is 5. The van der Waals surface area contributed by atoms with Gasteiger partial charge in [-0.2, -0.15) is 39.9 Å². The fourth-order valence-corrected chi connectivity index (χ4v) is 4.25. The second kappa shape index (κ2) is 9.41. The topological polar surface area (TPSA) is 112 Å². The van der Waals surface area contributed by atoms with E-state index in [9.17, 15) is 43.9 Å². The normalized spacial score (nSPS) is 14.8. The number of hydrazone groups is 1. The van der Waals surface area contributed by atoms with Gasteiger partial charge in [-0.25, -0.2) is 23.7 Å². The summed E-state index contributed by atoms with van der Waals surface area (Å²) in [6.45, 7) is 0.0358. The first-order chi connectivity index (χ1) is 17.6. The van der Waals surface area contributed by atoms with Crippen LogP contribution in [-0.2, 0) is 22.7 Å². The highest BCUT2D eigenvalue weighted by Gasteiger charge is 2.50. The summed E-state index contributed by atoms with van der Waals surface area (Å²) in [5.41, 5.74) is -7.19. The van der Waals surface area contributed by atoms with Gasteiger partial charge < -0.3 is 5.32 Å². The predicted molar refractivity (Wildman–Crippen MR) is 118 cm³/mol. The largest absolute Gasteiger partial charge is 0.516 e. The molecule has 18 heteroatoms. The number of sulfonamides is 1. The molecule has 38 heavy (non-hydrogen) atoms. The van der Waals surface area contributed by atoms with Crippen LogP contribution in [0.2, 0.25) is 0 Å². The van der Waals surface area contributed by atoms with Crippen LogP contribution in [0.25, 0.3) is 5.65 Å². The van der Waals surface area contributed by atoms with Crippen LogP contribution in [0.5, 0.6) is 0 Å². The van der Waals surface area contributed by atoms with Crippen molar-refractivity contribution in [3.05, 3.63) is 58.9 Å². The van der Waals surface area contributed by atoms with Crippen LogP contribution in [0.15, 0.2) is 35.7 Å². The summed E-state index contributed by atoms with van der Waals surface area (Å²) in [7, 11) is -5.66. The number of nitrogens with one attached hydrogen (secondary N) is 1. The molecule has 0 aliphatic carbocycles. The molecule has 4 rings (SSSR count). The average Bonchev–Trinajstić information content (AvgIpc) is 3.21. The van der Waals surface area contributed by atoms with Gasteiger partial charge in [0.25, 0.3) is 5.91 Å². The van der Waals surface area contributed by atoms with Crippen molar-refractivity contribution in [2.24, 2.45) is 5.10 Å². The summed E-state index contributed by atoms with van der Waals surface area (Å²) in [5, 5.41) is 6.58. The lowest BCUT2D eigenvalue weighted by Gasteiger charge is -2.29. The van der Waals surface area contributed by atoms with Gasteiger partial charge in [0.15, 0.2) is 17.3 Å². The maximum Gasteiger partial charge on any atom is 0.516 e. The number of aryl methyl sites for hydroxylation is 1. The molecule has 0 saturated heterocycles. The van der Waals surface area contributed by atoms with E-state index >= 15 is 0 Å². The SMILES string of the molecule is Cc1ccc2nc(C(F)(F)F)c(C(=O)NCc3cnc(N4CCN(S(=O)(=O)C(F)(F)F)C=N4)c(F)c3)n2c1. The first-order valence-electron chi connectivity index (χ1n) is 10.5. The van der Waals surface area contributed by atoms with E-state index < -0.39 is 70.3 Å². The van der Waals surface area contributed by atoms with Crippen molar-refractivity contribution < 1.29 is 43.9 Å². The molecule has 10 nitrogen and oxygen atoms in total. The quantitative estimate of drug-likeness (QED) is 0.475. The number of anilines is 1. The minimum absolute atomic E-state index is 0.0395. The van der Waals surface area contributed by atoms with E-state index in [1.54, 1.807) is 6.92 Å². The number of hydrogen-bond donors (Lipinski definition) is 1. The van der Waals surface area contributed by atoms with Crippen molar-refractivity contribution in [1.29, 1.82) is 0 Å². The molecule has 204 valence electrons. The Kier molecular flexibility index (Phi) is 6.71. The van der Waals surface area contributed by atoms with Gasteiger partial charge in [0.05, 0.1) is 13.1 Å². The second-order valence-corrected chi connectivity index (χ2v) is 9.87. The maximum absolute atomic E-state index is 14.7. The van der Waals surface area contributed by atoms with Crippen LogP contribution >= 0.6 is 0 Å². The maximum atomic E-state index is 14.7. The van der Waals surface area contributed by atoms with Gasteiger partial charge in [0, 0.05) is 18.9 Å². The van der Waals surface area contributed by atoms with E-state index in [0.29, 0.717) is 11.9 Å². The van der Waals surface area contributed by atoms with Crippen molar-refractivity contribution >= 4 is 33.7 Å². The van der Waals surface area contributed by atoms with Gasteiger partial charge in [-0.15, -0.1) is 0 Å². The Morgan fingerprint density at radius 1 is 1.13 bits per heavy atom. The molecule has 0 fully saturated rings. The zero-order chi connectivity index (χ0) is 28.0. The minimum atomic E-state index is -5.66. The number of aromatic nitrogens is 3. The van der Waals surface area contributed by atoms with E-state index in [-0.39, 0.29) is 15.5 Å². The molecule has 1 aliphatic heterocycles. The van der Waals surface area contributed by atoms with Gasteiger partial charge in [0.1, 0.15) is 17.7 Å². The van der Waals surface area contributed by atoms with Crippen molar-refractivity contribution in [2.45, 2.75) is 25.2 Å². The molecule has 0 saturated carbocycles. The third kappa shape index (κ3) is 5.07. The van der Waals surface area contributed by atoms with Gasteiger partial charge in [-0.3, -0.25) is 9.20 Å². The molecule has 0 atom stereocenters. The fourth-order valence-electron chi connectivity index (χ4n) is 3.49. The number of halogens is 7. The van der Waals surface area contributed by atoms with Gasteiger partial charge in [-0.1, -0.05) is 6.07 Å². The highest BCUT2D eigenvalue weighted by Crippen LogP contribution is 2.32. The molecule has 3 aromatic heterocycles. The van der Waals surface area contributed by atoms with E-state index in [1.807, 2.05) is 0 Å². The number of pyridine rings is 2. The summed E-state index contributed by atoms with van der Waals surface area (Å²) in [6.07, 6.45) is -2.18. The fraction of sp³-hybridized carbons (Fsp3) is 0.300. The van der Waals surface area contributed by atoms with Crippen molar-refractivity contribution in [3.8, 4) is 0 Å². The number of imidazole rings is 1. The molecule has 1 aliphatic rings. The Bertz CT molecular complexity index is 1530. The Labute approximate surface area is 209 Å². The zero-order valence-electron chi connectivity index (χ0n) is 19.0. The summed E-state index contributed by atoms with van der Waals surface area (Å²) in [4.78, 5) is 20.0. The number of carbonyl (C=O) groups is 1. The molecule has 0 unspecified atom stereocenters. The number of amides is 1. The summed E-state index contributed by atoms with van der Waals surface area (Å²) >= 11 is 0. The average molecular weight is 567 g/mol. The first kappa shape index (κ1) is 27.1. The summed E-state index contributed by atoms with van der Waals surface area (Å²) < 4.78 is 117. The number of hydrogen-bond acceptors (Lipinski definition) is 7. The zero-order valence-corrected chi connectivity index (χ0v) is 19.9. The molecular weight excluding hydrogens is 551 g/mol. The van der Waals surface area contributed by atoms with Crippen molar-refractivity contribution in [3.63, 3.8) is 0 Å². The molecule has 1 amide bonds. The molecular formula is C20H16F7N7O3S. The smallest absolute Gasteiger partial charge is 0.347 e. The van der Waals surface area contributed by atoms with Crippen molar-refractivity contribution in [1.82, 2.24) is 24.0 Å². The van der Waals surface area contributed by atoms with Crippen LogP contribution in [0.1, 0.15) is 27.3 Å². The first-order valence-corrected chi connectivity index (χ1v) is 11.9. The van der Waals surface area contributed by atoms with Crippen molar-refractivity contribution in [2.75, 3.05) is 18.1 Å².